The monoisotopic (exact) mass is 465 g/mol. The molecule has 5 atom stereocenters. The minimum absolute atomic E-state index is 0.0328. The number of aromatic hydroxyl groups is 1. The lowest BCUT2D eigenvalue weighted by Crippen LogP contribution is -2.61. The predicted molar refractivity (Wildman–Crippen MR) is 106 cm³/mol. The lowest BCUT2D eigenvalue weighted by Gasteiger charge is -2.38. The average Bonchev–Trinajstić information content (AvgIpc) is 3.19. The second-order valence-electron chi connectivity index (χ2n) is 7.26. The first-order valence-electron chi connectivity index (χ1n) is 9.44. The topological polar surface area (TPSA) is 163 Å². The maximum absolute atomic E-state index is 14.1. The van der Waals surface area contributed by atoms with E-state index in [2.05, 4.69) is 11.6 Å². The number of aliphatic hydroxyl groups is 3. The van der Waals surface area contributed by atoms with E-state index in [4.69, 9.17) is 19.0 Å². The van der Waals surface area contributed by atoms with Crippen molar-refractivity contribution in [2.75, 3.05) is 0 Å². The van der Waals surface area contributed by atoms with Crippen LogP contribution < -0.4 is 4.74 Å². The molecule has 5 N–H and O–H groups in total. The van der Waals surface area contributed by atoms with E-state index < -0.39 is 54.1 Å². The number of phenols is 1. The average molecular weight is 465 g/mol. The zero-order chi connectivity index (χ0) is 24.0. The highest BCUT2D eigenvalue weighted by molar-refractivity contribution is 5.88. The summed E-state index contributed by atoms with van der Waals surface area (Å²) in [5.41, 5.74) is -0.0965. The number of hydrogen-bond donors (Lipinski definition) is 5. The Hall–Kier alpha value is -3.58. The lowest BCUT2D eigenvalue weighted by atomic mass is 9.99. The van der Waals surface area contributed by atoms with Crippen LogP contribution in [0, 0.1) is 5.82 Å². The summed E-state index contributed by atoms with van der Waals surface area (Å²) in [4.78, 5) is 15.4. The molecule has 0 radical (unpaired) electrons. The fraction of sp³-hybridized carbons (Fsp3) is 0.238. The maximum Gasteiger partial charge on any atom is 0.335 e. The molecular formula is C21H17F2NO9. The van der Waals surface area contributed by atoms with Crippen LogP contribution >= 0.6 is 0 Å². The van der Waals surface area contributed by atoms with Gasteiger partial charge in [0.1, 0.15) is 35.4 Å². The zero-order valence-corrected chi connectivity index (χ0v) is 16.6. The summed E-state index contributed by atoms with van der Waals surface area (Å²) < 4.78 is 43.9. The third-order valence-electron chi connectivity index (χ3n) is 5.02. The Labute approximate surface area is 183 Å². The van der Waals surface area contributed by atoms with Crippen molar-refractivity contribution in [2.45, 2.75) is 30.7 Å². The van der Waals surface area contributed by atoms with E-state index in [1.807, 2.05) is 0 Å². The minimum atomic E-state index is -1.91. The molecule has 1 fully saturated rings. The zero-order valence-electron chi connectivity index (χ0n) is 16.6. The van der Waals surface area contributed by atoms with Crippen LogP contribution in [-0.2, 0) is 9.53 Å². The van der Waals surface area contributed by atoms with Crippen molar-refractivity contribution in [1.29, 1.82) is 0 Å². The number of aromatic nitrogens is 1. The van der Waals surface area contributed by atoms with E-state index >= 15 is 0 Å². The van der Waals surface area contributed by atoms with Crippen molar-refractivity contribution >= 4 is 22.9 Å². The molecule has 4 rings (SSSR count). The van der Waals surface area contributed by atoms with Gasteiger partial charge in [-0.25, -0.2) is 18.6 Å². The molecule has 12 heteroatoms. The predicted octanol–water partition coefficient (Wildman–Crippen LogP) is 1.55. The summed E-state index contributed by atoms with van der Waals surface area (Å²) in [6, 6.07) is 5.74. The number of oxazole rings is 1. The molecule has 3 aromatic rings. The van der Waals surface area contributed by atoms with E-state index in [0.717, 1.165) is 18.2 Å². The Morgan fingerprint density at radius 2 is 1.85 bits per heavy atom. The summed E-state index contributed by atoms with van der Waals surface area (Å²) in [5.74, 6) is -4.33. The first kappa shape index (κ1) is 22.6. The van der Waals surface area contributed by atoms with Gasteiger partial charge in [0, 0.05) is 11.6 Å². The van der Waals surface area contributed by atoms with E-state index in [1.54, 1.807) is 0 Å². The summed E-state index contributed by atoms with van der Waals surface area (Å²) in [7, 11) is 0. The Kier molecular flexibility index (Phi) is 5.76. The van der Waals surface area contributed by atoms with Crippen LogP contribution in [-0.4, -0.2) is 67.2 Å². The first-order chi connectivity index (χ1) is 15.6. The largest absolute Gasteiger partial charge is 0.505 e. The number of aliphatic hydroxyl groups excluding tert-OH is 3. The van der Waals surface area contributed by atoms with Gasteiger partial charge >= 0.3 is 5.97 Å². The Balaban J connectivity index is 1.72. The highest BCUT2D eigenvalue weighted by atomic mass is 19.1. The maximum atomic E-state index is 14.1. The number of halogens is 2. The number of rotatable bonds is 5. The van der Waals surface area contributed by atoms with Gasteiger partial charge in [0.05, 0.1) is 5.56 Å². The highest BCUT2D eigenvalue weighted by Gasteiger charge is 2.48. The number of carbonyl (C=O) groups is 1. The van der Waals surface area contributed by atoms with Gasteiger partial charge in [-0.1, -0.05) is 6.58 Å². The molecule has 0 saturated carbocycles. The van der Waals surface area contributed by atoms with Gasteiger partial charge in [0.2, 0.25) is 12.2 Å². The number of aliphatic carboxylic acids is 1. The summed E-state index contributed by atoms with van der Waals surface area (Å²) in [6.45, 7) is 3.21. The number of ether oxygens (including phenoxy) is 2. The third-order valence-corrected chi connectivity index (χ3v) is 5.02. The van der Waals surface area contributed by atoms with Gasteiger partial charge in [-0.15, -0.1) is 0 Å². The molecule has 0 aliphatic carbocycles. The Morgan fingerprint density at radius 1 is 1.12 bits per heavy atom. The summed E-state index contributed by atoms with van der Waals surface area (Å²) in [6.07, 6.45) is -9.27. The van der Waals surface area contributed by atoms with Crippen LogP contribution in [0.3, 0.4) is 0 Å². The number of benzene rings is 2. The van der Waals surface area contributed by atoms with Crippen LogP contribution in [0.2, 0.25) is 0 Å². The number of hydrogen-bond acceptors (Lipinski definition) is 9. The molecule has 0 amide bonds. The Bertz CT molecular complexity index is 1240. The minimum Gasteiger partial charge on any atom is -0.505 e. The van der Waals surface area contributed by atoms with Crippen LogP contribution in [0.15, 0.2) is 41.3 Å². The van der Waals surface area contributed by atoms with E-state index in [1.165, 1.54) is 12.1 Å². The summed E-state index contributed by atoms with van der Waals surface area (Å²) in [5, 5.41) is 48.3. The van der Waals surface area contributed by atoms with E-state index in [0.29, 0.717) is 0 Å². The Morgan fingerprint density at radius 3 is 2.48 bits per heavy atom. The van der Waals surface area contributed by atoms with Crippen LogP contribution in [0.25, 0.3) is 28.4 Å². The van der Waals surface area contributed by atoms with Crippen molar-refractivity contribution in [1.82, 2.24) is 4.98 Å². The molecule has 0 bridgehead atoms. The second kappa shape index (κ2) is 8.41. The molecule has 174 valence electrons. The fourth-order valence-electron chi connectivity index (χ4n) is 3.32. The normalized spacial score (nSPS) is 25.2. The van der Waals surface area contributed by atoms with Gasteiger partial charge in [0.15, 0.2) is 23.3 Å². The summed E-state index contributed by atoms with van der Waals surface area (Å²) >= 11 is 0. The molecule has 33 heavy (non-hydrogen) atoms. The lowest BCUT2D eigenvalue weighted by molar-refractivity contribution is -0.271. The third kappa shape index (κ3) is 4.12. The number of carboxylic acid groups (broad SMARTS) is 1. The van der Waals surface area contributed by atoms with E-state index in [-0.39, 0.29) is 33.9 Å². The number of carboxylic acids is 1. The molecule has 1 aromatic heterocycles. The van der Waals surface area contributed by atoms with Gasteiger partial charge in [-0.2, -0.15) is 0 Å². The molecule has 10 nitrogen and oxygen atoms in total. The smallest absolute Gasteiger partial charge is 0.335 e. The SMILES string of the molecule is C=C(F)c1cc(O[C@@H]2O[C@H](C(=O)O)[C@@H](O)[C@H](O)[C@H]2O)cc2nc(-c3ccc(O)c(F)c3)oc12. The van der Waals surface area contributed by atoms with Gasteiger partial charge in [-0.3, -0.25) is 0 Å². The molecule has 0 unspecified atom stereocenters. The molecule has 1 aliphatic heterocycles. The standard InChI is InChI=1S/C21H17F2NO9/c1-7(22)10-5-9(31-21-16(28)14(26)15(27)18(33-21)20(29)30)6-12-17(10)32-19(24-12)8-2-3-13(25)11(23)4-8/h2-6,14-16,18,21,25-28H,1H2,(H,29,30)/t14-,15-,16+,18-,21+/m0/s1. The molecule has 1 saturated heterocycles. The van der Waals surface area contributed by atoms with Crippen LogP contribution in [0.5, 0.6) is 11.5 Å². The van der Waals surface area contributed by atoms with Crippen molar-refractivity contribution in [3.05, 3.63) is 48.3 Å². The van der Waals surface area contributed by atoms with Crippen molar-refractivity contribution in [3.63, 3.8) is 0 Å². The number of fused-ring (bicyclic) bond motifs is 1. The molecule has 1 aliphatic rings. The van der Waals surface area contributed by atoms with Crippen molar-refractivity contribution < 1.29 is 53.0 Å². The van der Waals surface area contributed by atoms with Gasteiger partial charge < -0.3 is 39.4 Å². The van der Waals surface area contributed by atoms with Gasteiger partial charge in [-0.05, 0) is 24.3 Å². The molecule has 0 spiro atoms. The second-order valence-corrected chi connectivity index (χ2v) is 7.26. The number of phenolic OH excluding ortho intramolecular Hbond substituents is 1. The quantitative estimate of drug-likeness (QED) is 0.374. The molecule has 2 heterocycles. The van der Waals surface area contributed by atoms with Crippen molar-refractivity contribution in [2.24, 2.45) is 0 Å². The first-order valence-corrected chi connectivity index (χ1v) is 9.44. The van der Waals surface area contributed by atoms with Crippen LogP contribution in [0.4, 0.5) is 8.78 Å². The van der Waals surface area contributed by atoms with Crippen molar-refractivity contribution in [3.8, 4) is 23.0 Å². The molecular weight excluding hydrogens is 448 g/mol. The van der Waals surface area contributed by atoms with Gasteiger partial charge in [0.25, 0.3) is 0 Å². The fourth-order valence-corrected chi connectivity index (χ4v) is 3.32. The van der Waals surface area contributed by atoms with Crippen LogP contribution in [0.1, 0.15) is 5.56 Å². The number of nitrogens with zero attached hydrogens (tertiary/aromatic N) is 1. The highest BCUT2D eigenvalue weighted by Crippen LogP contribution is 2.35. The van der Waals surface area contributed by atoms with E-state index in [9.17, 15) is 34.0 Å². The molecule has 2 aromatic carbocycles.